The molecule has 0 bridgehead atoms. The van der Waals surface area contributed by atoms with Gasteiger partial charge in [-0.3, -0.25) is 14.5 Å². The number of rotatable bonds is 5. The van der Waals surface area contributed by atoms with E-state index in [1.54, 1.807) is 11.3 Å². The van der Waals surface area contributed by atoms with Crippen molar-refractivity contribution in [1.29, 1.82) is 0 Å². The van der Waals surface area contributed by atoms with Crippen LogP contribution in [0.2, 0.25) is 0 Å². The lowest BCUT2D eigenvalue weighted by molar-refractivity contribution is -0.139. The Bertz CT molecular complexity index is 494. The van der Waals surface area contributed by atoms with Gasteiger partial charge in [0, 0.05) is 12.6 Å². The molecule has 1 unspecified atom stereocenters. The molecule has 1 saturated heterocycles. The number of carbonyl (C=O) groups excluding carboxylic acids is 2. The Kier molecular flexibility index (Phi) is 7.05. The van der Waals surface area contributed by atoms with Crippen LogP contribution in [-0.4, -0.2) is 42.4 Å². The quantitative estimate of drug-likeness (QED) is 0.811. The Morgan fingerprint density at radius 3 is 2.43 bits per heavy atom. The smallest absolute Gasteiger partial charge is 0.309 e. The summed E-state index contributed by atoms with van der Waals surface area (Å²) in [5, 5.41) is 9.63. The average molecular weight is 337 g/mol. The Labute approximate surface area is 142 Å². The SMILES string of the molecule is CC(C)NC(=O)C(=O)NCC(c1ccsc1)N1CCCCCC1. The average Bonchev–Trinajstić information content (AvgIpc) is 2.89. The van der Waals surface area contributed by atoms with Crippen molar-refractivity contribution in [3.8, 4) is 0 Å². The molecule has 0 saturated carbocycles. The Balaban J connectivity index is 1.98. The number of amides is 2. The van der Waals surface area contributed by atoms with Crippen molar-refractivity contribution in [3.63, 3.8) is 0 Å². The summed E-state index contributed by atoms with van der Waals surface area (Å²) in [6, 6.07) is 2.22. The molecule has 6 heteroatoms. The van der Waals surface area contributed by atoms with E-state index in [0.717, 1.165) is 13.1 Å². The van der Waals surface area contributed by atoms with Gasteiger partial charge >= 0.3 is 11.8 Å². The number of nitrogens with one attached hydrogen (secondary N) is 2. The third-order valence-corrected chi connectivity index (χ3v) is 4.79. The lowest BCUT2D eigenvalue weighted by Crippen LogP contribution is -2.45. The van der Waals surface area contributed by atoms with Gasteiger partial charge in [0.05, 0.1) is 6.04 Å². The monoisotopic (exact) mass is 337 g/mol. The highest BCUT2D eigenvalue weighted by atomic mass is 32.1. The van der Waals surface area contributed by atoms with E-state index in [2.05, 4.69) is 32.4 Å². The van der Waals surface area contributed by atoms with Crippen LogP contribution >= 0.6 is 11.3 Å². The lowest BCUT2D eigenvalue weighted by Gasteiger charge is -2.30. The zero-order valence-electron chi connectivity index (χ0n) is 14.0. The summed E-state index contributed by atoms with van der Waals surface area (Å²) >= 11 is 1.67. The zero-order valence-corrected chi connectivity index (χ0v) is 14.8. The standard InChI is InChI=1S/C17H27N3O2S/c1-13(2)19-17(22)16(21)18-11-15(14-7-10-23-12-14)20-8-5-3-4-6-9-20/h7,10,12-13,15H,3-6,8-9,11H2,1-2H3,(H,18,21)(H,19,22). The Morgan fingerprint density at radius 2 is 1.87 bits per heavy atom. The van der Waals surface area contributed by atoms with Gasteiger partial charge in [-0.2, -0.15) is 11.3 Å². The Hall–Kier alpha value is -1.40. The summed E-state index contributed by atoms with van der Waals surface area (Å²) in [5.74, 6) is -1.10. The molecule has 2 heterocycles. The van der Waals surface area contributed by atoms with Gasteiger partial charge in [0.25, 0.3) is 0 Å². The fraction of sp³-hybridized carbons (Fsp3) is 0.647. The van der Waals surface area contributed by atoms with Gasteiger partial charge in [-0.15, -0.1) is 0 Å². The molecule has 0 radical (unpaired) electrons. The van der Waals surface area contributed by atoms with Crippen molar-refractivity contribution in [3.05, 3.63) is 22.4 Å². The fourth-order valence-electron chi connectivity index (χ4n) is 2.93. The van der Waals surface area contributed by atoms with Gasteiger partial charge in [0.2, 0.25) is 0 Å². The van der Waals surface area contributed by atoms with Gasteiger partial charge in [0.15, 0.2) is 0 Å². The van der Waals surface area contributed by atoms with E-state index in [9.17, 15) is 9.59 Å². The first-order chi connectivity index (χ1) is 11.1. The van der Waals surface area contributed by atoms with Gasteiger partial charge in [-0.05, 0) is 62.2 Å². The van der Waals surface area contributed by atoms with Gasteiger partial charge in [0.1, 0.15) is 0 Å². The molecular formula is C17H27N3O2S. The maximum atomic E-state index is 12.0. The molecule has 2 rings (SSSR count). The van der Waals surface area contributed by atoms with Crippen molar-refractivity contribution >= 4 is 23.2 Å². The number of carbonyl (C=O) groups is 2. The molecule has 23 heavy (non-hydrogen) atoms. The van der Waals surface area contributed by atoms with Gasteiger partial charge in [-0.1, -0.05) is 12.8 Å². The molecule has 1 aliphatic rings. The zero-order chi connectivity index (χ0) is 16.7. The van der Waals surface area contributed by atoms with Crippen molar-refractivity contribution in [2.45, 2.75) is 51.6 Å². The predicted molar refractivity (Wildman–Crippen MR) is 93.4 cm³/mol. The molecule has 5 nitrogen and oxygen atoms in total. The highest BCUT2D eigenvalue weighted by Gasteiger charge is 2.24. The minimum absolute atomic E-state index is 0.0356. The van der Waals surface area contributed by atoms with Crippen LogP contribution in [0.15, 0.2) is 16.8 Å². The summed E-state index contributed by atoms with van der Waals surface area (Å²) in [7, 11) is 0. The van der Waals surface area contributed by atoms with Crippen molar-refractivity contribution < 1.29 is 9.59 Å². The molecule has 1 aliphatic heterocycles. The van der Waals surface area contributed by atoms with Crippen LogP contribution in [-0.2, 0) is 9.59 Å². The molecule has 2 amide bonds. The number of hydrogen-bond acceptors (Lipinski definition) is 4. The van der Waals surface area contributed by atoms with Gasteiger partial charge in [-0.25, -0.2) is 0 Å². The maximum Gasteiger partial charge on any atom is 0.309 e. The largest absolute Gasteiger partial charge is 0.346 e. The highest BCUT2D eigenvalue weighted by molar-refractivity contribution is 7.07. The first kappa shape index (κ1) is 17.9. The predicted octanol–water partition coefficient (Wildman–Crippen LogP) is 2.31. The molecule has 1 atom stereocenters. The lowest BCUT2D eigenvalue weighted by atomic mass is 10.1. The Morgan fingerprint density at radius 1 is 1.17 bits per heavy atom. The third kappa shape index (κ3) is 5.62. The molecule has 1 fully saturated rings. The summed E-state index contributed by atoms with van der Waals surface area (Å²) in [4.78, 5) is 26.2. The normalized spacial score (nSPS) is 17.5. The molecule has 0 spiro atoms. The summed E-state index contributed by atoms with van der Waals surface area (Å²) < 4.78 is 0. The van der Waals surface area contributed by atoms with Crippen LogP contribution < -0.4 is 10.6 Å². The molecular weight excluding hydrogens is 310 g/mol. The van der Waals surface area contributed by atoms with Crippen LogP contribution in [0.1, 0.15) is 51.1 Å². The van der Waals surface area contributed by atoms with Crippen molar-refractivity contribution in [1.82, 2.24) is 15.5 Å². The van der Waals surface area contributed by atoms with Crippen LogP contribution in [0.4, 0.5) is 0 Å². The molecule has 128 valence electrons. The molecule has 1 aromatic rings. The number of likely N-dealkylation sites (tertiary alicyclic amines) is 1. The summed E-state index contributed by atoms with van der Waals surface area (Å²) in [5.41, 5.74) is 1.22. The first-order valence-electron chi connectivity index (χ1n) is 8.42. The van der Waals surface area contributed by atoms with E-state index in [1.807, 2.05) is 13.8 Å². The van der Waals surface area contributed by atoms with Gasteiger partial charge < -0.3 is 10.6 Å². The van der Waals surface area contributed by atoms with Crippen molar-refractivity contribution in [2.24, 2.45) is 0 Å². The topological polar surface area (TPSA) is 61.4 Å². The van der Waals surface area contributed by atoms with E-state index in [-0.39, 0.29) is 12.1 Å². The summed E-state index contributed by atoms with van der Waals surface area (Å²) in [6.07, 6.45) is 4.94. The molecule has 1 aromatic heterocycles. The minimum Gasteiger partial charge on any atom is -0.346 e. The highest BCUT2D eigenvalue weighted by Crippen LogP contribution is 2.25. The third-order valence-electron chi connectivity index (χ3n) is 4.09. The number of nitrogens with zero attached hydrogens (tertiary/aromatic N) is 1. The van der Waals surface area contributed by atoms with E-state index in [4.69, 9.17) is 0 Å². The molecule has 0 aliphatic carbocycles. The maximum absolute atomic E-state index is 12.0. The molecule has 0 aromatic carbocycles. The van der Waals surface area contributed by atoms with Crippen LogP contribution in [0.25, 0.3) is 0 Å². The van der Waals surface area contributed by atoms with Crippen LogP contribution in [0.5, 0.6) is 0 Å². The second-order valence-corrected chi connectivity index (χ2v) is 7.14. The van der Waals surface area contributed by atoms with Crippen LogP contribution in [0, 0.1) is 0 Å². The van der Waals surface area contributed by atoms with Crippen molar-refractivity contribution in [2.75, 3.05) is 19.6 Å². The summed E-state index contributed by atoms with van der Waals surface area (Å²) in [6.45, 7) is 6.26. The van der Waals surface area contributed by atoms with E-state index >= 15 is 0 Å². The number of hydrogen-bond donors (Lipinski definition) is 2. The van der Waals surface area contributed by atoms with E-state index < -0.39 is 11.8 Å². The second kappa shape index (κ2) is 9.03. The number of thiophene rings is 1. The van der Waals surface area contributed by atoms with E-state index in [0.29, 0.717) is 6.54 Å². The first-order valence-corrected chi connectivity index (χ1v) is 9.37. The van der Waals surface area contributed by atoms with E-state index in [1.165, 1.54) is 31.2 Å². The van der Waals surface area contributed by atoms with Crippen LogP contribution in [0.3, 0.4) is 0 Å². The fourth-order valence-corrected chi connectivity index (χ4v) is 3.63. The minimum atomic E-state index is -0.556. The second-order valence-electron chi connectivity index (χ2n) is 6.36. The molecule has 2 N–H and O–H groups in total.